The average molecular weight is 375 g/mol. The van der Waals surface area contributed by atoms with E-state index >= 15 is 0 Å². The third kappa shape index (κ3) is 3.38. The number of nitrogens with one attached hydrogen (secondary N) is 1. The van der Waals surface area contributed by atoms with Gasteiger partial charge in [0.15, 0.2) is 0 Å². The number of benzene rings is 1. The summed E-state index contributed by atoms with van der Waals surface area (Å²) in [6.07, 6.45) is 3.94. The zero-order chi connectivity index (χ0) is 17.4. The van der Waals surface area contributed by atoms with E-state index in [0.29, 0.717) is 0 Å². The predicted octanol–water partition coefficient (Wildman–Crippen LogP) is 2.98. The minimum Gasteiger partial charge on any atom is -0.339 e. The number of amides is 1. The topological polar surface area (TPSA) is 50.2 Å². The van der Waals surface area contributed by atoms with Crippen molar-refractivity contribution in [1.82, 2.24) is 20.0 Å². The molecule has 1 aromatic carbocycles. The van der Waals surface area contributed by atoms with Crippen molar-refractivity contribution in [1.29, 1.82) is 0 Å². The predicted molar refractivity (Wildman–Crippen MR) is 105 cm³/mol. The maximum Gasteiger partial charge on any atom is 0.257 e. The molecule has 2 aromatic rings. The quantitative estimate of drug-likeness (QED) is 0.879. The maximum absolute atomic E-state index is 13.1. The summed E-state index contributed by atoms with van der Waals surface area (Å²) < 4.78 is 1.89. The second-order valence-corrected chi connectivity index (χ2v) is 7.39. The molecule has 1 N–H and O–H groups in total. The molecule has 4 rings (SSSR count). The Bertz CT molecular complexity index is 774. The van der Waals surface area contributed by atoms with Crippen molar-refractivity contribution < 1.29 is 4.79 Å². The second-order valence-electron chi connectivity index (χ2n) is 7.39. The van der Waals surface area contributed by atoms with E-state index in [0.717, 1.165) is 73.4 Å². The summed E-state index contributed by atoms with van der Waals surface area (Å²) in [5.74, 6) is 1.59. The molecule has 2 fully saturated rings. The van der Waals surface area contributed by atoms with E-state index in [1.165, 1.54) is 0 Å². The summed E-state index contributed by atoms with van der Waals surface area (Å²) in [5.41, 5.74) is 3.84. The minimum atomic E-state index is 0. The Kier molecular flexibility index (Phi) is 5.68. The first-order chi connectivity index (χ1) is 12.1. The van der Waals surface area contributed by atoms with Crippen LogP contribution in [0.5, 0.6) is 0 Å². The lowest BCUT2D eigenvalue weighted by Crippen LogP contribution is -2.33. The molecular formula is C20H27ClN4O. The largest absolute Gasteiger partial charge is 0.339 e. The van der Waals surface area contributed by atoms with Crippen LogP contribution < -0.4 is 5.32 Å². The molecule has 0 unspecified atom stereocenters. The van der Waals surface area contributed by atoms with E-state index in [-0.39, 0.29) is 18.3 Å². The fourth-order valence-corrected chi connectivity index (χ4v) is 4.26. The number of halogens is 1. The third-order valence-corrected chi connectivity index (χ3v) is 5.89. The smallest absolute Gasteiger partial charge is 0.257 e. The molecule has 2 atom stereocenters. The highest BCUT2D eigenvalue weighted by molar-refractivity contribution is 5.95. The molecule has 3 heterocycles. The van der Waals surface area contributed by atoms with Crippen molar-refractivity contribution in [2.75, 3.05) is 26.2 Å². The van der Waals surface area contributed by atoms with E-state index in [1.807, 2.05) is 34.7 Å². The minimum absolute atomic E-state index is 0. The number of carbonyl (C=O) groups excluding carboxylic acids is 1. The highest BCUT2D eigenvalue weighted by Crippen LogP contribution is 2.28. The van der Waals surface area contributed by atoms with Gasteiger partial charge in [-0.15, -0.1) is 12.4 Å². The van der Waals surface area contributed by atoms with Gasteiger partial charge >= 0.3 is 0 Å². The van der Waals surface area contributed by atoms with E-state index < -0.39 is 0 Å². The molecular weight excluding hydrogens is 348 g/mol. The van der Waals surface area contributed by atoms with E-state index in [1.54, 1.807) is 6.20 Å². The molecule has 1 amide bonds. The summed E-state index contributed by atoms with van der Waals surface area (Å²) in [6.45, 7) is 7.99. The van der Waals surface area contributed by atoms with Crippen LogP contribution in [0, 0.1) is 25.7 Å². The summed E-state index contributed by atoms with van der Waals surface area (Å²) >= 11 is 0. The molecule has 2 aliphatic heterocycles. The van der Waals surface area contributed by atoms with Gasteiger partial charge in [-0.1, -0.05) is 18.2 Å². The molecule has 0 radical (unpaired) electrons. The van der Waals surface area contributed by atoms with Crippen LogP contribution in [0.4, 0.5) is 0 Å². The zero-order valence-electron chi connectivity index (χ0n) is 15.4. The summed E-state index contributed by atoms with van der Waals surface area (Å²) in [4.78, 5) is 15.1. The third-order valence-electron chi connectivity index (χ3n) is 5.89. The highest BCUT2D eigenvalue weighted by atomic mass is 35.5. The van der Waals surface area contributed by atoms with Crippen molar-refractivity contribution in [2.24, 2.45) is 11.8 Å². The van der Waals surface area contributed by atoms with Crippen LogP contribution in [-0.2, 0) is 0 Å². The van der Waals surface area contributed by atoms with Gasteiger partial charge in [0, 0.05) is 13.1 Å². The van der Waals surface area contributed by atoms with Crippen LogP contribution in [0.3, 0.4) is 0 Å². The molecule has 0 spiro atoms. The molecule has 6 heteroatoms. The lowest BCUT2D eigenvalue weighted by Gasteiger charge is -2.20. The number of fused-ring (bicyclic) bond motifs is 1. The molecule has 140 valence electrons. The van der Waals surface area contributed by atoms with Gasteiger partial charge in [0.2, 0.25) is 0 Å². The van der Waals surface area contributed by atoms with Crippen molar-refractivity contribution in [2.45, 2.75) is 26.7 Å². The second kappa shape index (κ2) is 7.80. The summed E-state index contributed by atoms with van der Waals surface area (Å²) in [7, 11) is 0. The number of rotatable bonds is 2. The van der Waals surface area contributed by atoms with Crippen LogP contribution >= 0.6 is 12.4 Å². The summed E-state index contributed by atoms with van der Waals surface area (Å²) in [5, 5.41) is 7.99. The Hall–Kier alpha value is -1.85. The van der Waals surface area contributed by atoms with Crippen molar-refractivity contribution in [3.05, 3.63) is 47.3 Å². The van der Waals surface area contributed by atoms with Crippen LogP contribution in [0.1, 0.15) is 34.5 Å². The van der Waals surface area contributed by atoms with Crippen LogP contribution in [0.15, 0.2) is 30.5 Å². The number of likely N-dealkylation sites (tertiary alicyclic amines) is 1. The normalized spacial score (nSPS) is 22.5. The lowest BCUT2D eigenvalue weighted by molar-refractivity contribution is 0.0757. The van der Waals surface area contributed by atoms with Gasteiger partial charge in [-0.25, -0.2) is 4.68 Å². The monoisotopic (exact) mass is 374 g/mol. The number of carbonyl (C=O) groups is 1. The Morgan fingerprint density at radius 3 is 2.42 bits per heavy atom. The van der Waals surface area contributed by atoms with Crippen molar-refractivity contribution in [3.63, 3.8) is 0 Å². The van der Waals surface area contributed by atoms with E-state index in [4.69, 9.17) is 0 Å². The van der Waals surface area contributed by atoms with Gasteiger partial charge in [0.25, 0.3) is 5.91 Å². The molecule has 26 heavy (non-hydrogen) atoms. The molecule has 2 saturated heterocycles. The molecule has 5 nitrogen and oxygen atoms in total. The molecule has 1 aromatic heterocycles. The Balaban J connectivity index is 0.00000196. The molecule has 0 bridgehead atoms. The fourth-order valence-electron chi connectivity index (χ4n) is 4.26. The van der Waals surface area contributed by atoms with Gasteiger partial charge < -0.3 is 10.2 Å². The van der Waals surface area contributed by atoms with Gasteiger partial charge in [0.1, 0.15) is 0 Å². The van der Waals surface area contributed by atoms with Crippen LogP contribution in [-0.4, -0.2) is 46.8 Å². The number of nitrogens with zero attached hydrogens (tertiary/aromatic N) is 3. The number of hydrogen-bond acceptors (Lipinski definition) is 3. The molecule has 2 aliphatic rings. The highest BCUT2D eigenvalue weighted by Gasteiger charge is 2.32. The molecule has 0 aliphatic carbocycles. The van der Waals surface area contributed by atoms with Crippen molar-refractivity contribution >= 4 is 18.3 Å². The van der Waals surface area contributed by atoms with E-state index in [2.05, 4.69) is 23.4 Å². The van der Waals surface area contributed by atoms with Gasteiger partial charge in [-0.05, 0) is 63.2 Å². The number of aromatic nitrogens is 2. The first-order valence-corrected chi connectivity index (χ1v) is 9.26. The van der Waals surface area contributed by atoms with Gasteiger partial charge in [-0.2, -0.15) is 5.10 Å². The number of para-hydroxylation sites is 1. The molecule has 0 saturated carbocycles. The average Bonchev–Trinajstić information content (AvgIpc) is 3.16. The summed E-state index contributed by atoms with van der Waals surface area (Å²) in [6, 6.07) is 8.14. The van der Waals surface area contributed by atoms with Crippen LogP contribution in [0.25, 0.3) is 5.69 Å². The number of aryl methyl sites for hydroxylation is 1. The maximum atomic E-state index is 13.1. The fraction of sp³-hybridized carbons (Fsp3) is 0.500. The Morgan fingerprint density at radius 2 is 1.77 bits per heavy atom. The number of hydrogen-bond donors (Lipinski definition) is 1. The first-order valence-electron chi connectivity index (χ1n) is 9.26. The van der Waals surface area contributed by atoms with Gasteiger partial charge in [-0.3, -0.25) is 4.79 Å². The van der Waals surface area contributed by atoms with Crippen molar-refractivity contribution in [3.8, 4) is 5.69 Å². The Labute approximate surface area is 161 Å². The Morgan fingerprint density at radius 1 is 1.12 bits per heavy atom. The standard InChI is InChI=1S/C20H26N4O.ClH/c1-14-5-3-4-6-19(14)24-15(2)18(13-22-24)20(25)23-9-7-16-11-21-12-17(16)8-10-23;/h3-6,13,16-17,21H,7-12H2,1-2H3;1H/t16-,17+;. The SMILES string of the molecule is Cc1ccccc1-n1ncc(C(=O)N2CC[C@@H]3CNC[C@@H]3CC2)c1C.Cl. The van der Waals surface area contributed by atoms with E-state index in [9.17, 15) is 4.79 Å². The van der Waals surface area contributed by atoms with Gasteiger partial charge in [0.05, 0.1) is 23.1 Å². The van der Waals surface area contributed by atoms with Crippen LogP contribution in [0.2, 0.25) is 0 Å². The lowest BCUT2D eigenvalue weighted by atomic mass is 9.92. The zero-order valence-corrected chi connectivity index (χ0v) is 16.3. The first kappa shape index (κ1) is 18.9.